The Morgan fingerprint density at radius 1 is 1.06 bits per heavy atom. The summed E-state index contributed by atoms with van der Waals surface area (Å²) in [6.07, 6.45) is 1.51. The van der Waals surface area contributed by atoms with Gasteiger partial charge in [-0.2, -0.15) is 0 Å². The number of aliphatic hydroxyl groups is 1. The Balaban J connectivity index is 1.94. The number of carbonyl (C=O) groups excluding carboxylic acids is 2. The number of rotatable bonds is 6. The molecule has 3 aromatic rings. The molecule has 1 aliphatic rings. The van der Waals surface area contributed by atoms with Crippen molar-refractivity contribution in [3.05, 3.63) is 88.9 Å². The van der Waals surface area contributed by atoms with Crippen LogP contribution in [0.3, 0.4) is 0 Å². The van der Waals surface area contributed by atoms with Crippen molar-refractivity contribution in [2.24, 2.45) is 0 Å². The van der Waals surface area contributed by atoms with Crippen LogP contribution in [0.25, 0.3) is 5.76 Å². The summed E-state index contributed by atoms with van der Waals surface area (Å²) < 4.78 is 16.1. The molecule has 1 fully saturated rings. The number of nitrogens with zero attached hydrogens (tertiary/aromatic N) is 1. The van der Waals surface area contributed by atoms with Crippen molar-refractivity contribution >= 4 is 17.4 Å². The quantitative estimate of drug-likeness (QED) is 0.356. The molecule has 0 spiro atoms. The van der Waals surface area contributed by atoms with Gasteiger partial charge in [-0.3, -0.25) is 9.59 Å². The van der Waals surface area contributed by atoms with Gasteiger partial charge in [0.25, 0.3) is 11.7 Å². The normalized spacial score (nSPS) is 17.6. The van der Waals surface area contributed by atoms with Crippen LogP contribution in [0, 0.1) is 6.92 Å². The number of amides is 1. The van der Waals surface area contributed by atoms with Gasteiger partial charge in [0.2, 0.25) is 0 Å². The van der Waals surface area contributed by atoms with E-state index in [1.54, 1.807) is 30.3 Å². The van der Waals surface area contributed by atoms with E-state index < -0.39 is 17.7 Å². The zero-order valence-electron chi connectivity index (χ0n) is 18.0. The summed E-state index contributed by atoms with van der Waals surface area (Å²) in [5, 5.41) is 11.3. The van der Waals surface area contributed by atoms with E-state index in [2.05, 4.69) is 0 Å². The number of methoxy groups -OCH3 is 2. The minimum absolute atomic E-state index is 0.0117. The largest absolute Gasteiger partial charge is 0.507 e. The summed E-state index contributed by atoms with van der Waals surface area (Å²) in [6, 6.07) is 15.0. The van der Waals surface area contributed by atoms with E-state index in [1.807, 2.05) is 31.2 Å². The van der Waals surface area contributed by atoms with Crippen LogP contribution in [0.2, 0.25) is 0 Å². The van der Waals surface area contributed by atoms with E-state index in [0.29, 0.717) is 17.3 Å². The Labute approximate surface area is 185 Å². The molecular formula is C25H23NO6. The summed E-state index contributed by atoms with van der Waals surface area (Å²) in [7, 11) is 2.97. The van der Waals surface area contributed by atoms with Gasteiger partial charge in [0.1, 0.15) is 23.0 Å². The second-order valence-corrected chi connectivity index (χ2v) is 7.43. The van der Waals surface area contributed by atoms with Crippen LogP contribution in [0.1, 0.15) is 28.5 Å². The second kappa shape index (κ2) is 8.63. The monoisotopic (exact) mass is 433 g/mol. The fourth-order valence-electron chi connectivity index (χ4n) is 3.97. The molecule has 7 heteroatoms. The summed E-state index contributed by atoms with van der Waals surface area (Å²) in [5.41, 5.74) is 1.87. The first-order valence-corrected chi connectivity index (χ1v) is 10.0. The van der Waals surface area contributed by atoms with Crippen LogP contribution in [0.4, 0.5) is 0 Å². The third kappa shape index (κ3) is 3.62. The van der Waals surface area contributed by atoms with Crippen molar-refractivity contribution in [1.29, 1.82) is 0 Å². The first-order chi connectivity index (χ1) is 15.5. The maximum Gasteiger partial charge on any atom is 0.296 e. The topological polar surface area (TPSA) is 89.2 Å². The van der Waals surface area contributed by atoms with Crippen LogP contribution in [-0.4, -0.2) is 35.9 Å². The molecule has 1 aromatic heterocycles. The van der Waals surface area contributed by atoms with Crippen LogP contribution in [0.15, 0.2) is 70.9 Å². The minimum atomic E-state index is -0.794. The van der Waals surface area contributed by atoms with E-state index >= 15 is 0 Å². The number of hydrogen-bond acceptors (Lipinski definition) is 6. The molecule has 164 valence electrons. The third-order valence-corrected chi connectivity index (χ3v) is 5.59. The van der Waals surface area contributed by atoms with Crippen molar-refractivity contribution < 1.29 is 28.6 Å². The molecule has 4 rings (SSSR count). The van der Waals surface area contributed by atoms with Gasteiger partial charge in [0.15, 0.2) is 0 Å². The van der Waals surface area contributed by atoms with E-state index in [-0.39, 0.29) is 23.4 Å². The average molecular weight is 433 g/mol. The standard InChI is InChI=1S/C25H23NO6/c1-15-7-4-5-9-18(15)22-21(23(27)19-13-16(30-2)10-11-20(19)31-3)24(28)25(29)26(22)14-17-8-6-12-32-17/h4-13,22,27H,14H2,1-3H3/b23-21+. The van der Waals surface area contributed by atoms with Crippen molar-refractivity contribution in [2.75, 3.05) is 14.2 Å². The van der Waals surface area contributed by atoms with Crippen molar-refractivity contribution in [3.63, 3.8) is 0 Å². The summed E-state index contributed by atoms with van der Waals surface area (Å²) >= 11 is 0. The molecule has 1 aliphatic heterocycles. The molecule has 1 atom stereocenters. The number of furan rings is 1. The van der Waals surface area contributed by atoms with E-state index in [0.717, 1.165) is 11.1 Å². The van der Waals surface area contributed by atoms with Gasteiger partial charge in [-0.05, 0) is 48.4 Å². The van der Waals surface area contributed by atoms with Gasteiger partial charge in [-0.25, -0.2) is 0 Å². The molecule has 2 aromatic carbocycles. The average Bonchev–Trinajstić information content (AvgIpc) is 3.41. The highest BCUT2D eigenvalue weighted by Gasteiger charge is 2.47. The van der Waals surface area contributed by atoms with Crippen molar-refractivity contribution in [1.82, 2.24) is 4.90 Å². The molecule has 1 amide bonds. The lowest BCUT2D eigenvalue weighted by atomic mass is 9.92. The molecule has 1 N–H and O–H groups in total. The number of hydrogen-bond donors (Lipinski definition) is 1. The Hall–Kier alpha value is -4.00. The minimum Gasteiger partial charge on any atom is -0.507 e. The predicted molar refractivity (Wildman–Crippen MR) is 117 cm³/mol. The highest BCUT2D eigenvalue weighted by Crippen LogP contribution is 2.43. The summed E-state index contributed by atoms with van der Waals surface area (Å²) in [5.74, 6) is -0.447. The fraction of sp³-hybridized carbons (Fsp3) is 0.200. The Morgan fingerprint density at radius 3 is 2.50 bits per heavy atom. The maximum atomic E-state index is 13.2. The first-order valence-electron chi connectivity index (χ1n) is 10.0. The lowest BCUT2D eigenvalue weighted by molar-refractivity contribution is -0.140. The molecule has 7 nitrogen and oxygen atoms in total. The number of Topliss-reactive ketones (excluding diaryl/α,β-unsaturated/α-hetero) is 1. The van der Waals surface area contributed by atoms with E-state index in [9.17, 15) is 14.7 Å². The molecule has 1 unspecified atom stereocenters. The number of ketones is 1. The zero-order valence-corrected chi connectivity index (χ0v) is 18.0. The van der Waals surface area contributed by atoms with Gasteiger partial charge in [-0.15, -0.1) is 0 Å². The van der Waals surface area contributed by atoms with Crippen molar-refractivity contribution in [2.45, 2.75) is 19.5 Å². The number of aliphatic hydroxyl groups excluding tert-OH is 1. The number of benzene rings is 2. The molecular weight excluding hydrogens is 410 g/mol. The molecule has 2 heterocycles. The Kier molecular flexibility index (Phi) is 5.73. The van der Waals surface area contributed by atoms with Crippen LogP contribution in [-0.2, 0) is 16.1 Å². The molecule has 0 radical (unpaired) electrons. The highest BCUT2D eigenvalue weighted by atomic mass is 16.5. The van der Waals surface area contributed by atoms with Gasteiger partial charge in [0, 0.05) is 0 Å². The summed E-state index contributed by atoms with van der Waals surface area (Å²) in [6.45, 7) is 1.98. The lowest BCUT2D eigenvalue weighted by Crippen LogP contribution is -2.29. The third-order valence-electron chi connectivity index (χ3n) is 5.59. The predicted octanol–water partition coefficient (Wildman–Crippen LogP) is 4.23. The van der Waals surface area contributed by atoms with Gasteiger partial charge >= 0.3 is 0 Å². The summed E-state index contributed by atoms with van der Waals surface area (Å²) in [4.78, 5) is 27.7. The number of ether oxygens (including phenoxy) is 2. The zero-order chi connectivity index (χ0) is 22.8. The number of aryl methyl sites for hydroxylation is 1. The second-order valence-electron chi connectivity index (χ2n) is 7.43. The molecule has 32 heavy (non-hydrogen) atoms. The Morgan fingerprint density at radius 2 is 1.84 bits per heavy atom. The molecule has 0 aliphatic carbocycles. The van der Waals surface area contributed by atoms with E-state index in [4.69, 9.17) is 13.9 Å². The fourth-order valence-corrected chi connectivity index (χ4v) is 3.97. The Bertz CT molecular complexity index is 1190. The SMILES string of the molecule is COc1ccc(OC)c(/C(O)=C2\C(=O)C(=O)N(Cc3ccco3)C2c2ccccc2C)c1. The highest BCUT2D eigenvalue weighted by molar-refractivity contribution is 6.46. The van der Waals surface area contributed by atoms with E-state index in [1.165, 1.54) is 25.4 Å². The maximum absolute atomic E-state index is 13.2. The molecule has 0 saturated carbocycles. The molecule has 1 saturated heterocycles. The lowest BCUT2D eigenvalue weighted by Gasteiger charge is -2.26. The van der Waals surface area contributed by atoms with Crippen LogP contribution < -0.4 is 9.47 Å². The van der Waals surface area contributed by atoms with Gasteiger partial charge in [0.05, 0.1) is 44.2 Å². The molecule has 0 bridgehead atoms. The van der Waals surface area contributed by atoms with Crippen LogP contribution in [0.5, 0.6) is 11.5 Å². The number of carbonyl (C=O) groups is 2. The van der Waals surface area contributed by atoms with Gasteiger partial charge < -0.3 is 23.9 Å². The van der Waals surface area contributed by atoms with Gasteiger partial charge in [-0.1, -0.05) is 24.3 Å². The van der Waals surface area contributed by atoms with Crippen LogP contribution >= 0.6 is 0 Å². The number of likely N-dealkylation sites (tertiary alicyclic amines) is 1. The van der Waals surface area contributed by atoms with Crippen molar-refractivity contribution in [3.8, 4) is 11.5 Å². The first kappa shape index (κ1) is 21.2. The smallest absolute Gasteiger partial charge is 0.296 e.